The van der Waals surface area contributed by atoms with Crippen LogP contribution in [0, 0.1) is 11.8 Å². The average Bonchev–Trinajstić information content (AvgIpc) is 2.26. The first-order chi connectivity index (χ1) is 7.54. The zero-order valence-corrected chi connectivity index (χ0v) is 9.10. The summed E-state index contributed by atoms with van der Waals surface area (Å²) in [6.07, 6.45) is 1.48. The number of amides is 2. The molecule has 0 saturated heterocycles. The summed E-state index contributed by atoms with van der Waals surface area (Å²) in [6, 6.07) is -0.850. The topological polar surface area (TPSA) is 114 Å². The summed E-state index contributed by atoms with van der Waals surface area (Å²) in [6.45, 7) is 1.75. The van der Waals surface area contributed by atoms with Crippen molar-refractivity contribution in [3.63, 3.8) is 0 Å². The Hall–Kier alpha value is -1.96. The highest BCUT2D eigenvalue weighted by molar-refractivity contribution is 6.20. The Kier molecular flexibility index (Phi) is 3.95. The van der Waals surface area contributed by atoms with E-state index in [4.69, 9.17) is 17.5 Å². The molecule has 9 heteroatoms. The summed E-state index contributed by atoms with van der Waals surface area (Å²) >= 11 is 5.13. The molecule has 1 aromatic rings. The number of nitrogens with one attached hydrogen (secondary N) is 1. The Labute approximate surface area is 95.9 Å². The monoisotopic (exact) mass is 244 g/mol. The van der Waals surface area contributed by atoms with Crippen molar-refractivity contribution in [2.75, 3.05) is 5.73 Å². The molecule has 1 rings (SSSR count). The molecule has 0 radical (unpaired) electrons. The normalized spacial score (nSPS) is 9.62. The second-order valence-electron chi connectivity index (χ2n) is 2.83. The lowest BCUT2D eigenvalue weighted by Crippen LogP contribution is -2.30. The van der Waals surface area contributed by atoms with Crippen LogP contribution in [0.5, 0.6) is 0 Å². The maximum atomic E-state index is 11.0. The number of hydrogen-bond acceptors (Lipinski definition) is 6. The van der Waals surface area contributed by atoms with Crippen LogP contribution in [0.3, 0.4) is 0 Å². The van der Waals surface area contributed by atoms with E-state index in [0.717, 1.165) is 0 Å². The van der Waals surface area contributed by atoms with Gasteiger partial charge in [0.1, 0.15) is 11.6 Å². The third-order valence-corrected chi connectivity index (χ3v) is 1.90. The first-order valence-corrected chi connectivity index (χ1v) is 4.53. The van der Waals surface area contributed by atoms with Crippen molar-refractivity contribution in [1.29, 1.82) is 0 Å². The Bertz CT molecular complexity index is 412. The van der Waals surface area contributed by atoms with E-state index in [2.05, 4.69) is 20.6 Å². The number of nitrogens with two attached hydrogens (primary N) is 1. The summed E-state index contributed by atoms with van der Waals surface area (Å²) < 4.78 is 0.116. The van der Waals surface area contributed by atoms with Crippen LogP contribution in [-0.2, 0) is 6.54 Å². The van der Waals surface area contributed by atoms with Gasteiger partial charge < -0.3 is 11.1 Å². The molecule has 0 aliphatic heterocycles. The van der Waals surface area contributed by atoms with Crippen LogP contribution in [0.4, 0.5) is 10.6 Å². The third-order valence-electron chi connectivity index (χ3n) is 1.69. The summed E-state index contributed by atoms with van der Waals surface area (Å²) in [5.74, 6) is 0.786. The fraction of sp³-hybridized carbons (Fsp3) is 0.286. The van der Waals surface area contributed by atoms with E-state index >= 15 is 0 Å². The highest BCUT2D eigenvalue weighted by Crippen LogP contribution is 2.06. The molecular formula is C7H9ClN6O2. The SMILES string of the molecule is Cc1ncc(CNC(=O)N(Cl)N=O)c(N)n1. The van der Waals surface area contributed by atoms with Crippen LogP contribution in [0.2, 0.25) is 0 Å². The molecule has 0 aliphatic carbocycles. The number of nitrogens with zero attached hydrogens (tertiary/aromatic N) is 4. The highest BCUT2D eigenvalue weighted by Gasteiger charge is 2.11. The number of aromatic nitrogens is 2. The van der Waals surface area contributed by atoms with Crippen molar-refractivity contribution in [3.05, 3.63) is 22.5 Å². The standard InChI is InChI=1S/C7H9ClN6O2/c1-4-10-2-5(6(9)12-4)3-11-7(15)14(8)13-16/h2H,3H2,1H3,(H,11,15)(H2,9,10,12). The number of aryl methyl sites for hydroxylation is 1. The quantitative estimate of drug-likeness (QED) is 0.462. The van der Waals surface area contributed by atoms with E-state index in [1.807, 2.05) is 0 Å². The second kappa shape index (κ2) is 5.21. The van der Waals surface area contributed by atoms with E-state index in [9.17, 15) is 9.70 Å². The molecule has 0 aliphatic rings. The number of urea groups is 1. The van der Waals surface area contributed by atoms with Gasteiger partial charge in [-0.3, -0.25) is 0 Å². The summed E-state index contributed by atoms with van der Waals surface area (Å²) in [7, 11) is 0. The van der Waals surface area contributed by atoms with Crippen LogP contribution in [-0.4, -0.2) is 20.5 Å². The van der Waals surface area contributed by atoms with Crippen molar-refractivity contribution < 1.29 is 4.79 Å². The maximum Gasteiger partial charge on any atom is 0.356 e. The first-order valence-electron chi connectivity index (χ1n) is 4.19. The van der Waals surface area contributed by atoms with Gasteiger partial charge in [0.25, 0.3) is 0 Å². The molecule has 0 unspecified atom stereocenters. The average molecular weight is 245 g/mol. The molecule has 1 aromatic heterocycles. The lowest BCUT2D eigenvalue weighted by Gasteiger charge is -2.08. The summed E-state index contributed by atoms with van der Waals surface area (Å²) in [5, 5.41) is 4.52. The van der Waals surface area contributed by atoms with Gasteiger partial charge in [-0.2, -0.15) is 0 Å². The van der Waals surface area contributed by atoms with Gasteiger partial charge in [-0.25, -0.2) is 14.8 Å². The molecule has 0 saturated carbocycles. The maximum absolute atomic E-state index is 11.0. The minimum absolute atomic E-state index is 0.0592. The second-order valence-corrected chi connectivity index (χ2v) is 3.15. The number of nitroso groups, excluding NO2 is 1. The number of carbonyl (C=O) groups excluding carboxylic acids is 1. The largest absolute Gasteiger partial charge is 0.383 e. The predicted molar refractivity (Wildman–Crippen MR) is 56.9 cm³/mol. The van der Waals surface area contributed by atoms with E-state index < -0.39 is 6.03 Å². The third kappa shape index (κ3) is 3.02. The molecule has 0 fully saturated rings. The fourth-order valence-corrected chi connectivity index (χ4v) is 0.982. The van der Waals surface area contributed by atoms with E-state index in [0.29, 0.717) is 11.4 Å². The Morgan fingerprint density at radius 1 is 1.75 bits per heavy atom. The van der Waals surface area contributed by atoms with Gasteiger partial charge in [-0.1, -0.05) is 4.53 Å². The zero-order valence-electron chi connectivity index (χ0n) is 8.35. The van der Waals surface area contributed by atoms with E-state index in [1.165, 1.54) is 6.20 Å². The minimum Gasteiger partial charge on any atom is -0.383 e. The van der Waals surface area contributed by atoms with E-state index in [-0.39, 0.29) is 16.9 Å². The lowest BCUT2D eigenvalue weighted by molar-refractivity contribution is 0.224. The molecule has 0 aromatic carbocycles. The van der Waals surface area contributed by atoms with Gasteiger partial charge >= 0.3 is 6.03 Å². The Morgan fingerprint density at radius 3 is 3.00 bits per heavy atom. The molecule has 0 atom stereocenters. The number of anilines is 1. The summed E-state index contributed by atoms with van der Waals surface area (Å²) in [4.78, 5) is 28.7. The Balaban J connectivity index is 2.61. The van der Waals surface area contributed by atoms with Crippen LogP contribution >= 0.6 is 11.8 Å². The molecule has 0 bridgehead atoms. The molecule has 16 heavy (non-hydrogen) atoms. The van der Waals surface area contributed by atoms with Crippen LogP contribution in [0.1, 0.15) is 11.4 Å². The van der Waals surface area contributed by atoms with Gasteiger partial charge in [-0.15, -0.1) is 4.91 Å². The number of hydrogen-bond donors (Lipinski definition) is 2. The number of rotatable bonds is 3. The molecule has 8 nitrogen and oxygen atoms in total. The molecule has 3 N–H and O–H groups in total. The van der Waals surface area contributed by atoms with Crippen LogP contribution < -0.4 is 11.1 Å². The number of halogens is 1. The molecule has 86 valence electrons. The van der Waals surface area contributed by atoms with E-state index in [1.54, 1.807) is 6.92 Å². The van der Waals surface area contributed by atoms with Crippen LogP contribution in [0.15, 0.2) is 11.5 Å². The van der Waals surface area contributed by atoms with Crippen LogP contribution in [0.25, 0.3) is 0 Å². The molecular weight excluding hydrogens is 236 g/mol. The molecule has 0 spiro atoms. The van der Waals surface area contributed by atoms with Crippen molar-refractivity contribution in [1.82, 2.24) is 19.8 Å². The highest BCUT2D eigenvalue weighted by atomic mass is 35.5. The van der Waals surface area contributed by atoms with Crippen molar-refractivity contribution in [3.8, 4) is 0 Å². The lowest BCUT2D eigenvalue weighted by atomic mass is 10.3. The number of carbonyl (C=O) groups is 1. The zero-order chi connectivity index (χ0) is 12.1. The van der Waals surface area contributed by atoms with Gasteiger partial charge in [0.15, 0.2) is 0 Å². The van der Waals surface area contributed by atoms with Gasteiger partial charge in [-0.05, 0) is 6.92 Å². The van der Waals surface area contributed by atoms with Crippen molar-refractivity contribution in [2.45, 2.75) is 13.5 Å². The van der Waals surface area contributed by atoms with Gasteiger partial charge in [0.2, 0.25) is 0 Å². The van der Waals surface area contributed by atoms with Crippen molar-refractivity contribution in [2.24, 2.45) is 5.29 Å². The Morgan fingerprint density at radius 2 is 2.44 bits per heavy atom. The smallest absolute Gasteiger partial charge is 0.356 e. The first kappa shape index (κ1) is 12.1. The van der Waals surface area contributed by atoms with Crippen molar-refractivity contribution >= 4 is 23.6 Å². The minimum atomic E-state index is -0.850. The molecule has 1 heterocycles. The number of nitrogen functional groups attached to an aromatic ring is 1. The van der Waals surface area contributed by atoms with Gasteiger partial charge in [0.05, 0.1) is 5.29 Å². The predicted octanol–water partition coefficient (Wildman–Crippen LogP) is 0.714. The summed E-state index contributed by atoms with van der Waals surface area (Å²) in [5.41, 5.74) is 6.11. The molecule has 2 amide bonds. The fourth-order valence-electron chi connectivity index (χ4n) is 0.922. The van der Waals surface area contributed by atoms with Gasteiger partial charge in [0, 0.05) is 30.1 Å².